The van der Waals surface area contributed by atoms with Crippen LogP contribution in [0.25, 0.3) is 5.76 Å². The number of fused-ring (bicyclic) bond motifs is 1. The molecule has 0 atom stereocenters. The minimum absolute atomic E-state index is 0.0380. The average molecular weight is 379 g/mol. The Kier molecular flexibility index (Phi) is 3.51. The van der Waals surface area contributed by atoms with Crippen LogP contribution in [-0.4, -0.2) is 38.9 Å². The zero-order chi connectivity index (χ0) is 20.2. The van der Waals surface area contributed by atoms with Gasteiger partial charge in [-0.25, -0.2) is 4.79 Å². The lowest BCUT2D eigenvalue weighted by Gasteiger charge is -2.19. The molecule has 1 aliphatic carbocycles. The van der Waals surface area contributed by atoms with E-state index in [0.29, 0.717) is 0 Å². The van der Waals surface area contributed by atoms with E-state index in [1.54, 1.807) is 0 Å². The van der Waals surface area contributed by atoms with E-state index in [1.807, 2.05) is 0 Å². The zero-order valence-electron chi connectivity index (χ0n) is 13.9. The highest BCUT2D eigenvalue weighted by Crippen LogP contribution is 2.44. The molecule has 9 nitrogen and oxygen atoms in total. The number of nitro groups is 1. The SMILES string of the molecule is O=C1OC2(C(=O)c3ccccc3C2=O)C(=C(O)c2ccc([N+](=O)[O-])cc2)C1=O. The van der Waals surface area contributed by atoms with Crippen LogP contribution in [0.3, 0.4) is 0 Å². The van der Waals surface area contributed by atoms with E-state index in [1.165, 1.54) is 24.3 Å². The van der Waals surface area contributed by atoms with E-state index in [0.717, 1.165) is 24.3 Å². The van der Waals surface area contributed by atoms with E-state index < -0.39 is 45.2 Å². The first-order valence-electron chi connectivity index (χ1n) is 7.94. The molecule has 2 aromatic carbocycles. The molecule has 1 saturated heterocycles. The molecule has 0 saturated carbocycles. The molecular formula is C19H9NO8. The van der Waals surface area contributed by atoms with Crippen molar-refractivity contribution in [2.24, 2.45) is 0 Å². The van der Waals surface area contributed by atoms with Crippen LogP contribution in [0.4, 0.5) is 5.69 Å². The van der Waals surface area contributed by atoms with Crippen LogP contribution in [0.15, 0.2) is 54.1 Å². The smallest absolute Gasteiger partial charge is 0.381 e. The van der Waals surface area contributed by atoms with Gasteiger partial charge in [0.15, 0.2) is 0 Å². The van der Waals surface area contributed by atoms with E-state index >= 15 is 0 Å². The predicted octanol–water partition coefficient (Wildman–Crippen LogP) is 1.81. The molecule has 2 aromatic rings. The third-order valence-electron chi connectivity index (χ3n) is 4.65. The molecule has 1 aliphatic heterocycles. The molecular weight excluding hydrogens is 370 g/mol. The van der Waals surface area contributed by atoms with Gasteiger partial charge >= 0.3 is 5.97 Å². The van der Waals surface area contributed by atoms with Gasteiger partial charge in [0.2, 0.25) is 11.6 Å². The van der Waals surface area contributed by atoms with Gasteiger partial charge in [-0.3, -0.25) is 24.5 Å². The van der Waals surface area contributed by atoms with Gasteiger partial charge in [-0.05, 0) is 12.1 Å². The molecule has 0 radical (unpaired) electrons. The number of carbonyl (C=O) groups is 4. The second-order valence-corrected chi connectivity index (χ2v) is 6.13. The van der Waals surface area contributed by atoms with Crippen molar-refractivity contribution >= 4 is 34.8 Å². The number of nitro benzene ring substituents is 1. The van der Waals surface area contributed by atoms with Crippen molar-refractivity contribution in [1.29, 1.82) is 0 Å². The predicted molar refractivity (Wildman–Crippen MR) is 91.6 cm³/mol. The second kappa shape index (κ2) is 5.68. The maximum Gasteiger partial charge on any atom is 0.381 e. The lowest BCUT2D eigenvalue weighted by Crippen LogP contribution is -2.43. The number of hydrogen-bond acceptors (Lipinski definition) is 8. The minimum atomic E-state index is -2.59. The molecule has 0 aromatic heterocycles. The van der Waals surface area contributed by atoms with Crippen LogP contribution in [0.5, 0.6) is 0 Å². The fourth-order valence-electron chi connectivity index (χ4n) is 3.34. The number of carbonyl (C=O) groups excluding carboxylic acids is 4. The van der Waals surface area contributed by atoms with E-state index in [-0.39, 0.29) is 22.4 Å². The van der Waals surface area contributed by atoms with E-state index in [9.17, 15) is 34.4 Å². The summed E-state index contributed by atoms with van der Waals surface area (Å²) in [5.41, 5.74) is -3.83. The summed E-state index contributed by atoms with van der Waals surface area (Å²) in [5, 5.41) is 21.4. The molecule has 1 spiro atoms. The molecule has 9 heteroatoms. The fourth-order valence-corrected chi connectivity index (χ4v) is 3.34. The van der Waals surface area contributed by atoms with Crippen LogP contribution in [0.2, 0.25) is 0 Å². The highest BCUT2D eigenvalue weighted by atomic mass is 16.6. The number of hydrogen-bond donors (Lipinski definition) is 1. The summed E-state index contributed by atoms with van der Waals surface area (Å²) in [6.07, 6.45) is 0. The first-order chi connectivity index (χ1) is 13.3. The molecule has 138 valence electrons. The quantitative estimate of drug-likeness (QED) is 0.158. The zero-order valence-corrected chi connectivity index (χ0v) is 13.9. The van der Waals surface area contributed by atoms with Crippen LogP contribution >= 0.6 is 0 Å². The molecule has 28 heavy (non-hydrogen) atoms. The molecule has 0 bridgehead atoms. The molecule has 0 unspecified atom stereocenters. The Bertz CT molecular complexity index is 1110. The highest BCUT2D eigenvalue weighted by molar-refractivity contribution is 6.52. The van der Waals surface area contributed by atoms with Crippen LogP contribution in [-0.2, 0) is 14.3 Å². The third-order valence-corrected chi connectivity index (χ3v) is 4.65. The van der Waals surface area contributed by atoms with Gasteiger partial charge < -0.3 is 9.84 Å². The third kappa shape index (κ3) is 2.07. The molecule has 1 fully saturated rings. The standard InChI is InChI=1S/C19H9NO8/c21-14(9-5-7-10(8-6-9)20(26)27)13-15(22)18(25)28-19(13)16(23)11-3-1-2-4-12(11)17(19)24/h1-8,21H. The van der Waals surface area contributed by atoms with Gasteiger partial charge in [0.05, 0.1) is 4.92 Å². The summed E-state index contributed by atoms with van der Waals surface area (Å²) < 4.78 is 4.93. The number of non-ortho nitro benzene ring substituents is 1. The number of ether oxygens (including phenoxy) is 1. The minimum Gasteiger partial charge on any atom is -0.507 e. The molecule has 0 amide bonds. The second-order valence-electron chi connectivity index (χ2n) is 6.13. The van der Waals surface area contributed by atoms with E-state index in [4.69, 9.17) is 4.74 Å². The van der Waals surface area contributed by atoms with Gasteiger partial charge in [-0.15, -0.1) is 0 Å². The maximum atomic E-state index is 12.9. The van der Waals surface area contributed by atoms with Crippen LogP contribution in [0.1, 0.15) is 26.3 Å². The molecule has 1 heterocycles. The summed E-state index contributed by atoms with van der Waals surface area (Å²) in [4.78, 5) is 60.3. The molecule has 4 rings (SSSR count). The van der Waals surface area contributed by atoms with Crippen molar-refractivity contribution in [3.8, 4) is 0 Å². The Morgan fingerprint density at radius 1 is 0.929 bits per heavy atom. The topological polar surface area (TPSA) is 141 Å². The monoisotopic (exact) mass is 379 g/mol. The number of Topliss-reactive ketones (excluding diaryl/α,β-unsaturated/α-hetero) is 3. The maximum absolute atomic E-state index is 12.9. The Morgan fingerprint density at radius 2 is 1.46 bits per heavy atom. The summed E-state index contributed by atoms with van der Waals surface area (Å²) in [6, 6.07) is 10.1. The van der Waals surface area contributed by atoms with Crippen molar-refractivity contribution in [2.75, 3.05) is 0 Å². The Hall–Kier alpha value is -4.14. The lowest BCUT2D eigenvalue weighted by molar-refractivity contribution is -0.384. The van der Waals surface area contributed by atoms with Crippen molar-refractivity contribution in [1.82, 2.24) is 0 Å². The largest absolute Gasteiger partial charge is 0.507 e. The van der Waals surface area contributed by atoms with Crippen molar-refractivity contribution in [2.45, 2.75) is 5.60 Å². The van der Waals surface area contributed by atoms with E-state index in [2.05, 4.69) is 0 Å². The number of aliphatic hydroxyl groups is 1. The summed E-state index contributed by atoms with van der Waals surface area (Å²) >= 11 is 0. The Labute approximate surface area is 156 Å². The van der Waals surface area contributed by atoms with Crippen LogP contribution in [0, 0.1) is 10.1 Å². The lowest BCUT2D eigenvalue weighted by atomic mass is 9.85. The van der Waals surface area contributed by atoms with Gasteiger partial charge in [-0.1, -0.05) is 24.3 Å². The van der Waals surface area contributed by atoms with Gasteiger partial charge in [0, 0.05) is 28.8 Å². The number of nitrogens with zero attached hydrogens (tertiary/aromatic N) is 1. The van der Waals surface area contributed by atoms with Crippen molar-refractivity contribution < 1.29 is 33.9 Å². The van der Waals surface area contributed by atoms with Gasteiger partial charge in [0.25, 0.3) is 17.1 Å². The average Bonchev–Trinajstić information content (AvgIpc) is 3.08. The van der Waals surface area contributed by atoms with Gasteiger partial charge in [0.1, 0.15) is 11.3 Å². The first-order valence-corrected chi connectivity index (χ1v) is 7.94. The Balaban J connectivity index is 1.94. The normalized spacial score (nSPS) is 19.0. The number of ketones is 3. The van der Waals surface area contributed by atoms with Crippen molar-refractivity contribution in [3.63, 3.8) is 0 Å². The molecule has 2 aliphatic rings. The first kappa shape index (κ1) is 17.3. The number of benzene rings is 2. The number of esters is 1. The van der Waals surface area contributed by atoms with Gasteiger partial charge in [-0.2, -0.15) is 0 Å². The number of aliphatic hydroxyl groups excluding tert-OH is 1. The van der Waals surface area contributed by atoms with Crippen LogP contribution < -0.4 is 0 Å². The summed E-state index contributed by atoms with van der Waals surface area (Å²) in [7, 11) is 0. The Morgan fingerprint density at radius 3 is 1.96 bits per heavy atom. The molecule has 1 N–H and O–H groups in total. The fraction of sp³-hybridized carbons (Fsp3) is 0.0526. The summed E-state index contributed by atoms with van der Waals surface area (Å²) in [5.74, 6) is -5.48. The number of rotatable bonds is 2. The van der Waals surface area contributed by atoms with Crippen molar-refractivity contribution in [3.05, 3.63) is 80.9 Å². The summed E-state index contributed by atoms with van der Waals surface area (Å²) in [6.45, 7) is 0. The highest BCUT2D eigenvalue weighted by Gasteiger charge is 2.67.